The van der Waals surface area contributed by atoms with Crippen molar-refractivity contribution in [2.45, 2.75) is 204 Å². The van der Waals surface area contributed by atoms with E-state index >= 15 is 4.79 Å². The number of benzene rings is 1. The summed E-state index contributed by atoms with van der Waals surface area (Å²) in [5.74, 6) is -4.42. The Hall–Kier alpha value is -6.11. The van der Waals surface area contributed by atoms with Gasteiger partial charge in [0.1, 0.15) is 29.9 Å². The summed E-state index contributed by atoms with van der Waals surface area (Å²) in [6, 6.07) is 0.574. The maximum Gasteiger partial charge on any atom is 0.272 e. The number of nitrogens with zero attached hydrogens (tertiary/aromatic N) is 4. The summed E-state index contributed by atoms with van der Waals surface area (Å²) in [5.41, 5.74) is 1.42. The zero-order valence-electron chi connectivity index (χ0n) is 44.6. The number of imide groups is 2. The summed E-state index contributed by atoms with van der Waals surface area (Å²) in [4.78, 5) is 134. The molecule has 6 N–H and O–H groups in total. The average Bonchev–Trinajstić information content (AvgIpc) is 3.98. The van der Waals surface area contributed by atoms with Crippen LogP contribution >= 0.6 is 0 Å². The number of hydrogen-bond acceptors (Lipinski definition) is 12. The summed E-state index contributed by atoms with van der Waals surface area (Å²) in [6.45, 7) is 7.87. The number of rotatable bonds is 17. The third-order valence-corrected chi connectivity index (χ3v) is 17.4. The molecule has 4 aliphatic carbocycles. The number of hydrogen-bond donors (Lipinski definition) is 6. The Bertz CT molecular complexity index is 2570. The lowest BCUT2D eigenvalue weighted by Crippen LogP contribution is -2.62. The fourth-order valence-electron chi connectivity index (χ4n) is 13.1. The highest BCUT2D eigenvalue weighted by Crippen LogP contribution is 2.44. The molecule has 1 aromatic carbocycles. The first-order valence-corrected chi connectivity index (χ1v) is 28.3. The molecule has 9 rings (SSSR count). The molecule has 0 bridgehead atoms. The molecule has 4 heterocycles. The third kappa shape index (κ3) is 12.0. The number of aromatic nitrogens is 2. The van der Waals surface area contributed by atoms with Gasteiger partial charge in [-0.1, -0.05) is 85.1 Å². The van der Waals surface area contributed by atoms with Gasteiger partial charge in [-0.25, -0.2) is 4.98 Å². The van der Waals surface area contributed by atoms with Gasteiger partial charge in [0.05, 0.1) is 29.1 Å². The second-order valence-corrected chi connectivity index (χ2v) is 24.0. The Morgan fingerprint density at radius 2 is 1.54 bits per heavy atom. The molecule has 9 amide bonds. The summed E-state index contributed by atoms with van der Waals surface area (Å²) in [7, 11) is 0. The number of nitrogens with one attached hydrogen (secondary N) is 5. The van der Waals surface area contributed by atoms with Crippen LogP contribution in [0.4, 0.5) is 0 Å². The number of aliphatic hydroxyl groups is 1. The minimum atomic E-state index is -1.44. The van der Waals surface area contributed by atoms with Gasteiger partial charge in [-0.3, -0.25) is 58.4 Å². The maximum absolute atomic E-state index is 15.0. The molecule has 6 fully saturated rings. The van der Waals surface area contributed by atoms with Gasteiger partial charge in [0.15, 0.2) is 6.10 Å². The number of likely N-dealkylation sites (tertiary alicyclic amines) is 1. The fourth-order valence-corrected chi connectivity index (χ4v) is 13.1. The standard InChI is InChI=1S/C57H77N9O10/c1-5-12-40(47(68)53(73)60-36-20-21-36)61-52(72)46-37-18-11-17-35(37)30-65(46)56(76)48(57(2,3)4)64-51(71)45(33-14-7-6-8-15-33)63-49(69)42-29-58-41(28-59-42)34-16-10-9-13-31(26-34)25-32-19-22-38-39(27-32)55(75)66(54(38)74)43-23-24-44(67)62-50(43)70/h19,22,27-29,31,33-37,40,43,45-48,68H,5-18,20-21,23-26,30H2,1-4H3,(H,60,73)(H,61,72)(H,63,69)(H,64,71)(H,62,67,70)/t31?,34?,35-,37-,40-,43?,45-,46-,47?,48+/m0/s1. The Morgan fingerprint density at radius 1 is 0.803 bits per heavy atom. The SMILES string of the molecule is CCC[C@H](NC(=O)[C@@H]1[C@H]2CCC[C@H]2CN1C(=O)[C@@H](NC(=O)[C@@H](NC(=O)c1cnc(C2CCCCC(Cc3ccc4c(c3)C(=O)N(C3CCC(=O)NC3=O)C4=O)C2)cn1)C1CCCCC1)C(C)(C)C)C(O)C(=O)NC1CC1. The second-order valence-electron chi connectivity index (χ2n) is 24.0. The third-order valence-electron chi connectivity index (χ3n) is 17.4. The summed E-state index contributed by atoms with van der Waals surface area (Å²) in [5, 5.41) is 25.3. The van der Waals surface area contributed by atoms with Gasteiger partial charge in [-0.05, 0) is 117 Å². The van der Waals surface area contributed by atoms with E-state index in [1.807, 2.05) is 33.8 Å². The van der Waals surface area contributed by atoms with Crippen molar-refractivity contribution in [3.8, 4) is 0 Å². The van der Waals surface area contributed by atoms with E-state index in [4.69, 9.17) is 4.98 Å². The highest BCUT2D eigenvalue weighted by molar-refractivity contribution is 6.23. The normalized spacial score (nSPS) is 26.6. The van der Waals surface area contributed by atoms with Crippen molar-refractivity contribution in [1.82, 2.24) is 46.4 Å². The topological polar surface area (TPSA) is 266 Å². The molecule has 2 saturated heterocycles. The fraction of sp³-hybridized carbons (Fsp3) is 0.667. The molecule has 19 nitrogen and oxygen atoms in total. The summed E-state index contributed by atoms with van der Waals surface area (Å²) in [6.07, 6.45) is 16.5. The van der Waals surface area contributed by atoms with E-state index in [0.29, 0.717) is 38.6 Å². The van der Waals surface area contributed by atoms with Gasteiger partial charge < -0.3 is 31.3 Å². The number of carbonyl (C=O) groups is 9. The quantitative estimate of drug-likeness (QED) is 0.0942. The summed E-state index contributed by atoms with van der Waals surface area (Å²) >= 11 is 0. The van der Waals surface area contributed by atoms with Crippen molar-refractivity contribution in [1.29, 1.82) is 0 Å². The molecule has 10 atom stereocenters. The van der Waals surface area contributed by atoms with Gasteiger partial charge in [0.25, 0.3) is 23.6 Å². The van der Waals surface area contributed by atoms with Gasteiger partial charge in [-0.2, -0.15) is 0 Å². The smallest absolute Gasteiger partial charge is 0.272 e. The van der Waals surface area contributed by atoms with Crippen molar-refractivity contribution in [2.75, 3.05) is 6.54 Å². The van der Waals surface area contributed by atoms with Crippen LogP contribution in [-0.2, 0) is 35.2 Å². The molecule has 7 aliphatic rings. The van der Waals surface area contributed by atoms with Gasteiger partial charge in [0, 0.05) is 31.1 Å². The first-order valence-electron chi connectivity index (χ1n) is 28.3. The zero-order valence-corrected chi connectivity index (χ0v) is 44.6. The van der Waals surface area contributed by atoms with E-state index < -0.39 is 89.0 Å². The first-order chi connectivity index (χ1) is 36.4. The Labute approximate surface area is 445 Å². The highest BCUT2D eigenvalue weighted by atomic mass is 16.3. The first kappa shape index (κ1) is 54.7. The van der Waals surface area contributed by atoms with E-state index in [-0.39, 0.29) is 71.2 Å². The van der Waals surface area contributed by atoms with Crippen LogP contribution in [-0.4, -0.2) is 127 Å². The molecular weight excluding hydrogens is 971 g/mol. The van der Waals surface area contributed by atoms with Crippen LogP contribution in [0.1, 0.15) is 198 Å². The van der Waals surface area contributed by atoms with Crippen LogP contribution in [0.25, 0.3) is 0 Å². The zero-order chi connectivity index (χ0) is 54.0. The lowest BCUT2D eigenvalue weighted by Gasteiger charge is -2.38. The second kappa shape index (κ2) is 23.2. The van der Waals surface area contributed by atoms with Crippen molar-refractivity contribution in [3.63, 3.8) is 0 Å². The Morgan fingerprint density at radius 3 is 2.24 bits per heavy atom. The van der Waals surface area contributed by atoms with Crippen LogP contribution in [0.15, 0.2) is 30.6 Å². The van der Waals surface area contributed by atoms with Gasteiger partial charge >= 0.3 is 0 Å². The van der Waals surface area contributed by atoms with E-state index in [1.54, 1.807) is 23.2 Å². The molecule has 2 aromatic rings. The molecule has 3 aliphatic heterocycles. The molecule has 410 valence electrons. The van der Waals surface area contributed by atoms with Crippen molar-refractivity contribution in [2.24, 2.45) is 29.1 Å². The van der Waals surface area contributed by atoms with E-state index in [1.165, 1.54) is 6.20 Å². The van der Waals surface area contributed by atoms with Crippen molar-refractivity contribution < 1.29 is 48.3 Å². The van der Waals surface area contributed by atoms with E-state index in [9.17, 15) is 43.5 Å². The minimum Gasteiger partial charge on any atom is -0.381 e. The van der Waals surface area contributed by atoms with Crippen LogP contribution in [0.3, 0.4) is 0 Å². The largest absolute Gasteiger partial charge is 0.381 e. The minimum absolute atomic E-state index is 0.0414. The number of piperidine rings is 1. The maximum atomic E-state index is 15.0. The summed E-state index contributed by atoms with van der Waals surface area (Å²) < 4.78 is 0. The average molecular weight is 1050 g/mol. The molecule has 4 unspecified atom stereocenters. The molecule has 1 aromatic heterocycles. The van der Waals surface area contributed by atoms with Gasteiger partial charge in [0.2, 0.25) is 29.5 Å². The number of aliphatic hydroxyl groups excluding tert-OH is 1. The lowest BCUT2D eigenvalue weighted by molar-refractivity contribution is -0.146. The van der Waals surface area contributed by atoms with Crippen LogP contribution in [0.5, 0.6) is 0 Å². The monoisotopic (exact) mass is 1050 g/mol. The van der Waals surface area contributed by atoms with Crippen LogP contribution in [0, 0.1) is 29.1 Å². The van der Waals surface area contributed by atoms with E-state index in [0.717, 1.165) is 99.6 Å². The van der Waals surface area contributed by atoms with E-state index in [2.05, 4.69) is 31.6 Å². The molecule has 0 radical (unpaired) electrons. The molecule has 19 heteroatoms. The van der Waals surface area contributed by atoms with Gasteiger partial charge in [-0.15, -0.1) is 0 Å². The van der Waals surface area contributed by atoms with Crippen molar-refractivity contribution in [3.05, 3.63) is 58.7 Å². The molecule has 76 heavy (non-hydrogen) atoms. The number of fused-ring (bicyclic) bond motifs is 2. The Kier molecular flexibility index (Phi) is 16.7. The van der Waals surface area contributed by atoms with Crippen LogP contribution in [0.2, 0.25) is 0 Å². The number of carbonyl (C=O) groups excluding carboxylic acids is 9. The molecule has 0 spiro atoms. The Balaban J connectivity index is 0.857. The van der Waals surface area contributed by atoms with Crippen molar-refractivity contribution >= 4 is 53.2 Å². The van der Waals surface area contributed by atoms with Crippen LogP contribution < -0.4 is 26.6 Å². The molecule has 4 saturated carbocycles. The predicted molar refractivity (Wildman–Crippen MR) is 278 cm³/mol. The predicted octanol–water partition coefficient (Wildman–Crippen LogP) is 4.55. The number of amides is 9. The lowest BCUT2D eigenvalue weighted by atomic mass is 9.82. The molecular formula is C57H77N9O10. The highest BCUT2D eigenvalue weighted by Gasteiger charge is 2.53.